The minimum absolute atomic E-state index is 0.0104. The summed E-state index contributed by atoms with van der Waals surface area (Å²) in [6.07, 6.45) is 3.77. The Kier molecular flexibility index (Phi) is 5.93. The van der Waals surface area contributed by atoms with Crippen molar-refractivity contribution in [2.45, 2.75) is 39.7 Å². The first-order valence-corrected chi connectivity index (χ1v) is 6.67. The van der Waals surface area contributed by atoms with Crippen molar-refractivity contribution in [3.05, 3.63) is 42.0 Å². The van der Waals surface area contributed by atoms with Crippen LogP contribution in [0.2, 0.25) is 0 Å². The molecule has 2 N–H and O–H groups in total. The van der Waals surface area contributed by atoms with Crippen molar-refractivity contribution in [3.63, 3.8) is 0 Å². The predicted molar refractivity (Wildman–Crippen MR) is 77.9 cm³/mol. The smallest absolute Gasteiger partial charge is 0.127 e. The average molecular weight is 247 g/mol. The Hall–Kier alpha value is -1.28. The highest BCUT2D eigenvalue weighted by molar-refractivity contribution is 5.44. The molecule has 0 fully saturated rings. The molecule has 0 saturated carbocycles. The van der Waals surface area contributed by atoms with E-state index in [0.29, 0.717) is 5.92 Å². The van der Waals surface area contributed by atoms with Gasteiger partial charge in [0.1, 0.15) is 5.75 Å². The zero-order valence-corrected chi connectivity index (χ0v) is 11.8. The molecule has 2 nitrogen and oxygen atoms in total. The Balaban J connectivity index is 2.91. The standard InChI is InChI=1S/C16H25NO/c1-5-7-14-8-6-9-15(13(4)17)16(14)18-11-10-12(2)3/h5-6,8-9,12-13H,1,7,10-11,17H2,2-4H3. The Bertz CT molecular complexity index is 383. The van der Waals surface area contributed by atoms with Gasteiger partial charge in [-0.2, -0.15) is 0 Å². The summed E-state index contributed by atoms with van der Waals surface area (Å²) < 4.78 is 5.97. The second-order valence-corrected chi connectivity index (χ2v) is 5.15. The zero-order valence-electron chi connectivity index (χ0n) is 11.8. The zero-order chi connectivity index (χ0) is 13.5. The third-order valence-corrected chi connectivity index (χ3v) is 2.92. The first-order valence-electron chi connectivity index (χ1n) is 6.67. The monoisotopic (exact) mass is 247 g/mol. The van der Waals surface area contributed by atoms with Crippen molar-refractivity contribution in [3.8, 4) is 5.75 Å². The van der Waals surface area contributed by atoms with Crippen LogP contribution < -0.4 is 10.5 Å². The van der Waals surface area contributed by atoms with Crippen LogP contribution in [0.15, 0.2) is 30.9 Å². The molecule has 1 rings (SSSR count). The van der Waals surface area contributed by atoms with E-state index in [9.17, 15) is 0 Å². The first-order chi connectivity index (χ1) is 8.56. The second-order valence-electron chi connectivity index (χ2n) is 5.15. The topological polar surface area (TPSA) is 35.2 Å². The molecule has 1 unspecified atom stereocenters. The van der Waals surface area contributed by atoms with Crippen LogP contribution in [0.3, 0.4) is 0 Å². The van der Waals surface area contributed by atoms with Gasteiger partial charge in [0.05, 0.1) is 6.61 Å². The van der Waals surface area contributed by atoms with Crippen molar-refractivity contribution in [2.24, 2.45) is 11.7 Å². The van der Waals surface area contributed by atoms with E-state index in [1.165, 1.54) is 5.56 Å². The van der Waals surface area contributed by atoms with Crippen molar-refractivity contribution in [1.29, 1.82) is 0 Å². The molecule has 2 heteroatoms. The van der Waals surface area contributed by atoms with E-state index in [0.717, 1.165) is 30.8 Å². The summed E-state index contributed by atoms with van der Waals surface area (Å²) >= 11 is 0. The maximum Gasteiger partial charge on any atom is 0.127 e. The van der Waals surface area contributed by atoms with Crippen LogP contribution in [-0.4, -0.2) is 6.61 Å². The van der Waals surface area contributed by atoms with Gasteiger partial charge in [0, 0.05) is 11.6 Å². The van der Waals surface area contributed by atoms with Gasteiger partial charge in [-0.3, -0.25) is 0 Å². The predicted octanol–water partition coefficient (Wildman–Crippen LogP) is 3.86. The molecule has 1 atom stereocenters. The molecule has 1 aromatic carbocycles. The summed E-state index contributed by atoms with van der Waals surface area (Å²) in [4.78, 5) is 0. The number of ether oxygens (including phenoxy) is 1. The van der Waals surface area contributed by atoms with E-state index in [1.807, 2.05) is 25.1 Å². The normalized spacial score (nSPS) is 12.5. The maximum atomic E-state index is 6.01. The fourth-order valence-corrected chi connectivity index (χ4v) is 1.85. The van der Waals surface area contributed by atoms with E-state index >= 15 is 0 Å². The summed E-state index contributed by atoms with van der Waals surface area (Å²) in [6, 6.07) is 6.15. The van der Waals surface area contributed by atoms with E-state index in [2.05, 4.69) is 26.5 Å². The number of nitrogens with two attached hydrogens (primary N) is 1. The van der Waals surface area contributed by atoms with Crippen LogP contribution in [-0.2, 0) is 6.42 Å². The molecular weight excluding hydrogens is 222 g/mol. The highest BCUT2D eigenvalue weighted by Crippen LogP contribution is 2.29. The molecule has 0 radical (unpaired) electrons. The quantitative estimate of drug-likeness (QED) is 0.743. The van der Waals surface area contributed by atoms with Crippen LogP contribution in [0.25, 0.3) is 0 Å². The molecule has 100 valence electrons. The Morgan fingerprint density at radius 2 is 2.06 bits per heavy atom. The summed E-state index contributed by atoms with van der Waals surface area (Å²) in [5.41, 5.74) is 8.26. The highest BCUT2D eigenvalue weighted by Gasteiger charge is 2.12. The summed E-state index contributed by atoms with van der Waals surface area (Å²) in [6.45, 7) is 10.9. The van der Waals surface area contributed by atoms with E-state index in [-0.39, 0.29) is 6.04 Å². The third kappa shape index (κ3) is 4.19. The number of allylic oxidation sites excluding steroid dienone is 1. The number of benzene rings is 1. The van der Waals surface area contributed by atoms with E-state index in [4.69, 9.17) is 10.5 Å². The second kappa shape index (κ2) is 7.22. The van der Waals surface area contributed by atoms with Crippen LogP contribution in [0.1, 0.15) is 44.4 Å². The largest absolute Gasteiger partial charge is 0.493 e. The van der Waals surface area contributed by atoms with Crippen molar-refractivity contribution in [1.82, 2.24) is 0 Å². The first kappa shape index (κ1) is 14.8. The van der Waals surface area contributed by atoms with Crippen LogP contribution >= 0.6 is 0 Å². The molecule has 0 saturated heterocycles. The van der Waals surface area contributed by atoms with Gasteiger partial charge in [-0.25, -0.2) is 0 Å². The molecule has 0 spiro atoms. The Morgan fingerprint density at radius 1 is 1.33 bits per heavy atom. The molecule has 0 aromatic heterocycles. The van der Waals surface area contributed by atoms with Gasteiger partial charge in [-0.05, 0) is 31.2 Å². The van der Waals surface area contributed by atoms with E-state index < -0.39 is 0 Å². The lowest BCUT2D eigenvalue weighted by molar-refractivity contribution is 0.283. The molecule has 0 heterocycles. The third-order valence-electron chi connectivity index (χ3n) is 2.92. The van der Waals surface area contributed by atoms with Crippen LogP contribution in [0, 0.1) is 5.92 Å². The molecular formula is C16H25NO. The van der Waals surface area contributed by atoms with Gasteiger partial charge in [-0.1, -0.05) is 38.1 Å². The number of rotatable bonds is 7. The SMILES string of the molecule is C=CCc1cccc(C(C)N)c1OCCC(C)C. The minimum atomic E-state index is -0.0104. The number of hydrogen-bond donors (Lipinski definition) is 1. The van der Waals surface area contributed by atoms with Gasteiger partial charge in [-0.15, -0.1) is 6.58 Å². The molecule has 0 aliphatic heterocycles. The van der Waals surface area contributed by atoms with Crippen molar-refractivity contribution >= 4 is 0 Å². The summed E-state index contributed by atoms with van der Waals surface area (Å²) in [7, 11) is 0. The van der Waals surface area contributed by atoms with Crippen molar-refractivity contribution in [2.75, 3.05) is 6.61 Å². The lowest BCUT2D eigenvalue weighted by Crippen LogP contribution is -2.11. The Labute approximate surface area is 111 Å². The van der Waals surface area contributed by atoms with Crippen LogP contribution in [0.4, 0.5) is 0 Å². The highest BCUT2D eigenvalue weighted by atomic mass is 16.5. The molecule has 0 amide bonds. The number of hydrogen-bond acceptors (Lipinski definition) is 2. The van der Waals surface area contributed by atoms with Gasteiger partial charge in [0.25, 0.3) is 0 Å². The minimum Gasteiger partial charge on any atom is -0.493 e. The molecule has 18 heavy (non-hydrogen) atoms. The van der Waals surface area contributed by atoms with Gasteiger partial charge in [0.15, 0.2) is 0 Å². The lowest BCUT2D eigenvalue weighted by atomic mass is 10.0. The lowest BCUT2D eigenvalue weighted by Gasteiger charge is -2.18. The van der Waals surface area contributed by atoms with E-state index in [1.54, 1.807) is 0 Å². The summed E-state index contributed by atoms with van der Waals surface area (Å²) in [5.74, 6) is 1.60. The fourth-order valence-electron chi connectivity index (χ4n) is 1.85. The number of para-hydroxylation sites is 1. The fraction of sp³-hybridized carbons (Fsp3) is 0.500. The maximum absolute atomic E-state index is 6.01. The van der Waals surface area contributed by atoms with Gasteiger partial charge < -0.3 is 10.5 Å². The van der Waals surface area contributed by atoms with Gasteiger partial charge >= 0.3 is 0 Å². The molecule has 0 aliphatic rings. The average Bonchev–Trinajstić information content (AvgIpc) is 2.30. The molecule has 1 aromatic rings. The molecule has 0 aliphatic carbocycles. The Morgan fingerprint density at radius 3 is 2.61 bits per heavy atom. The summed E-state index contributed by atoms with van der Waals surface area (Å²) in [5, 5.41) is 0. The van der Waals surface area contributed by atoms with Gasteiger partial charge in [0.2, 0.25) is 0 Å². The van der Waals surface area contributed by atoms with Crippen molar-refractivity contribution < 1.29 is 4.74 Å². The molecule has 0 bridgehead atoms. The van der Waals surface area contributed by atoms with Crippen LogP contribution in [0.5, 0.6) is 5.75 Å².